The molecule has 2 aliphatic carbocycles. The molecule has 42 valence electrons. The van der Waals surface area contributed by atoms with Crippen LogP contribution >= 0.6 is 0 Å². The molecule has 2 aliphatic rings. The van der Waals surface area contributed by atoms with E-state index in [1.54, 1.807) is 11.1 Å². The van der Waals surface area contributed by atoms with Gasteiger partial charge in [-0.3, -0.25) is 0 Å². The molecule has 0 saturated carbocycles. The van der Waals surface area contributed by atoms with Crippen molar-refractivity contribution in [3.05, 3.63) is 22.8 Å². The van der Waals surface area contributed by atoms with Gasteiger partial charge in [0.05, 0.1) is 0 Å². The molecule has 0 aromatic heterocycles. The summed E-state index contributed by atoms with van der Waals surface area (Å²) in [7, 11) is 0. The number of hydrogen-bond acceptors (Lipinski definition) is 1. The van der Waals surface area contributed by atoms with Crippen molar-refractivity contribution in [2.75, 3.05) is 6.54 Å². The van der Waals surface area contributed by atoms with Crippen LogP contribution in [0.4, 0.5) is 0 Å². The van der Waals surface area contributed by atoms with Crippen LogP contribution in [0.25, 0.3) is 0 Å². The number of allylic oxidation sites excluding steroid dienone is 2. The lowest BCUT2D eigenvalue weighted by molar-refractivity contribution is 0.785. The van der Waals surface area contributed by atoms with Crippen molar-refractivity contribution in [1.29, 1.82) is 0 Å². The first kappa shape index (κ1) is 4.33. The molecule has 0 aromatic rings. The van der Waals surface area contributed by atoms with Crippen molar-refractivity contribution in [2.24, 2.45) is 5.73 Å². The average molecular weight is 107 g/mol. The van der Waals surface area contributed by atoms with Crippen LogP contribution in [0.1, 0.15) is 12.8 Å². The number of rotatable bonds is 1. The highest BCUT2D eigenvalue weighted by molar-refractivity contribution is 5.58. The van der Waals surface area contributed by atoms with Crippen LogP contribution in [0.2, 0.25) is 0 Å². The van der Waals surface area contributed by atoms with E-state index in [1.807, 2.05) is 0 Å². The molecule has 0 radical (unpaired) electrons. The van der Waals surface area contributed by atoms with Crippen LogP contribution in [-0.2, 0) is 0 Å². The van der Waals surface area contributed by atoms with E-state index in [-0.39, 0.29) is 0 Å². The molecule has 1 nitrogen and oxygen atoms in total. The second-order valence-electron chi connectivity index (χ2n) is 2.38. The molecule has 2 rings (SSSR count). The van der Waals surface area contributed by atoms with Crippen LogP contribution in [0.15, 0.2) is 22.8 Å². The molecule has 0 unspecified atom stereocenters. The molecule has 1 heteroatoms. The van der Waals surface area contributed by atoms with Gasteiger partial charge in [0.2, 0.25) is 0 Å². The van der Waals surface area contributed by atoms with Crippen LogP contribution < -0.4 is 5.73 Å². The molecule has 0 aliphatic heterocycles. The van der Waals surface area contributed by atoms with Gasteiger partial charge in [0, 0.05) is 6.54 Å². The van der Waals surface area contributed by atoms with Crippen LogP contribution in [0.3, 0.4) is 0 Å². The summed E-state index contributed by atoms with van der Waals surface area (Å²) in [5, 5.41) is 0. The molecule has 0 saturated heterocycles. The first-order chi connectivity index (χ1) is 3.92. The lowest BCUT2D eigenvalue weighted by Crippen LogP contribution is -2.19. The first-order valence-corrected chi connectivity index (χ1v) is 3.05. The first-order valence-electron chi connectivity index (χ1n) is 3.05. The van der Waals surface area contributed by atoms with E-state index in [0.717, 1.165) is 6.54 Å². The highest BCUT2D eigenvalue weighted by Gasteiger charge is 2.25. The Hall–Kier alpha value is -0.560. The van der Waals surface area contributed by atoms with Gasteiger partial charge in [-0.25, -0.2) is 0 Å². The molecular weight excluding hydrogens is 98.1 g/mol. The normalized spacial score (nSPS) is 23.4. The van der Waals surface area contributed by atoms with Crippen LogP contribution in [0, 0.1) is 0 Å². The van der Waals surface area contributed by atoms with E-state index >= 15 is 0 Å². The fourth-order valence-corrected chi connectivity index (χ4v) is 1.32. The van der Waals surface area contributed by atoms with E-state index in [4.69, 9.17) is 5.73 Å². The largest absolute Gasteiger partial charge is 0.326 e. The molecule has 0 fully saturated rings. The maximum absolute atomic E-state index is 5.42. The van der Waals surface area contributed by atoms with E-state index in [0.29, 0.717) is 0 Å². The van der Waals surface area contributed by atoms with Gasteiger partial charge in [-0.2, -0.15) is 0 Å². The molecular formula is C7H9N. The van der Waals surface area contributed by atoms with E-state index in [1.165, 1.54) is 18.4 Å². The Morgan fingerprint density at radius 1 is 1.50 bits per heavy atom. The van der Waals surface area contributed by atoms with Gasteiger partial charge < -0.3 is 5.73 Å². The highest BCUT2D eigenvalue weighted by atomic mass is 14.5. The Morgan fingerprint density at radius 2 is 2.38 bits per heavy atom. The summed E-state index contributed by atoms with van der Waals surface area (Å²) < 4.78 is 0. The third-order valence-electron chi connectivity index (χ3n) is 1.99. The third-order valence-corrected chi connectivity index (χ3v) is 1.99. The zero-order valence-corrected chi connectivity index (χ0v) is 4.78. The van der Waals surface area contributed by atoms with E-state index in [2.05, 4.69) is 6.08 Å². The highest BCUT2D eigenvalue weighted by Crippen LogP contribution is 2.42. The van der Waals surface area contributed by atoms with Gasteiger partial charge >= 0.3 is 0 Å². The molecule has 8 heavy (non-hydrogen) atoms. The van der Waals surface area contributed by atoms with Gasteiger partial charge in [0.1, 0.15) is 0 Å². The zero-order chi connectivity index (χ0) is 5.56. The Morgan fingerprint density at radius 3 is 2.50 bits per heavy atom. The molecule has 0 atom stereocenters. The number of hydrogen-bond donors (Lipinski definition) is 1. The minimum Gasteiger partial charge on any atom is -0.326 e. The summed E-state index contributed by atoms with van der Waals surface area (Å²) in [6, 6.07) is 0. The molecule has 0 bridgehead atoms. The summed E-state index contributed by atoms with van der Waals surface area (Å²) in [6.07, 6.45) is 4.82. The predicted octanol–water partition coefficient (Wildman–Crippen LogP) is 0.976. The monoisotopic (exact) mass is 107 g/mol. The second-order valence-corrected chi connectivity index (χ2v) is 2.38. The fourth-order valence-electron chi connectivity index (χ4n) is 1.32. The van der Waals surface area contributed by atoms with Gasteiger partial charge in [0.25, 0.3) is 0 Å². The molecule has 0 aromatic carbocycles. The lowest BCUT2D eigenvalue weighted by atomic mass is 9.74. The predicted molar refractivity (Wildman–Crippen MR) is 33.4 cm³/mol. The Balaban J connectivity index is 2.16. The molecule has 0 heterocycles. The van der Waals surface area contributed by atoms with Crippen LogP contribution in [0.5, 0.6) is 0 Å². The summed E-state index contributed by atoms with van der Waals surface area (Å²) in [6.45, 7) is 0.749. The molecule has 0 amide bonds. The molecule has 2 N–H and O–H groups in total. The van der Waals surface area contributed by atoms with Gasteiger partial charge in [0.15, 0.2) is 0 Å². The third kappa shape index (κ3) is 0.315. The number of nitrogens with two attached hydrogens (primary N) is 1. The maximum atomic E-state index is 5.42. The standard InChI is InChI=1S/C7H9N/c8-4-6-3-5-1-2-7(5)6/h3H,1-2,4,8H2. The Kier molecular flexibility index (Phi) is 0.667. The van der Waals surface area contributed by atoms with Crippen molar-refractivity contribution in [2.45, 2.75) is 12.8 Å². The topological polar surface area (TPSA) is 26.0 Å². The Labute approximate surface area is 48.9 Å². The lowest BCUT2D eigenvalue weighted by Gasteiger charge is -2.31. The quantitative estimate of drug-likeness (QED) is 0.531. The fraction of sp³-hybridized carbons (Fsp3) is 0.429. The smallest absolute Gasteiger partial charge is 0.0181 e. The SMILES string of the molecule is NCC1=CC2=C1CC2. The van der Waals surface area contributed by atoms with Gasteiger partial charge in [-0.15, -0.1) is 0 Å². The van der Waals surface area contributed by atoms with Crippen molar-refractivity contribution in [3.8, 4) is 0 Å². The summed E-state index contributed by atoms with van der Waals surface area (Å²) in [5.74, 6) is 0. The minimum atomic E-state index is 0.749. The van der Waals surface area contributed by atoms with Crippen molar-refractivity contribution < 1.29 is 0 Å². The summed E-state index contributed by atoms with van der Waals surface area (Å²) >= 11 is 0. The van der Waals surface area contributed by atoms with Crippen LogP contribution in [-0.4, -0.2) is 6.54 Å². The van der Waals surface area contributed by atoms with Crippen molar-refractivity contribution >= 4 is 0 Å². The van der Waals surface area contributed by atoms with Crippen molar-refractivity contribution in [3.63, 3.8) is 0 Å². The van der Waals surface area contributed by atoms with E-state index < -0.39 is 0 Å². The summed E-state index contributed by atoms with van der Waals surface area (Å²) in [4.78, 5) is 0. The Bertz CT molecular complexity index is 187. The minimum absolute atomic E-state index is 0.749. The average Bonchev–Trinajstić information content (AvgIpc) is 1.76. The van der Waals surface area contributed by atoms with Gasteiger partial charge in [-0.1, -0.05) is 6.08 Å². The zero-order valence-electron chi connectivity index (χ0n) is 4.78. The molecule has 0 spiro atoms. The maximum Gasteiger partial charge on any atom is 0.0181 e. The van der Waals surface area contributed by atoms with E-state index in [9.17, 15) is 0 Å². The van der Waals surface area contributed by atoms with Gasteiger partial charge in [-0.05, 0) is 29.6 Å². The second kappa shape index (κ2) is 1.23. The van der Waals surface area contributed by atoms with Crippen molar-refractivity contribution in [1.82, 2.24) is 0 Å². The summed E-state index contributed by atoms with van der Waals surface area (Å²) in [5.41, 5.74) is 9.94.